The number of fused-ring (bicyclic) bond motifs is 1. The number of pyridine rings is 3. The largest absolute Gasteiger partial charge is 0.434 e. The number of sulfone groups is 1. The molecule has 2 atom stereocenters. The van der Waals surface area contributed by atoms with Gasteiger partial charge in [0.1, 0.15) is 21.4 Å². The predicted molar refractivity (Wildman–Crippen MR) is 150 cm³/mol. The molecule has 1 fully saturated rings. The molecular formula is C27H31F2N7O3S. The minimum Gasteiger partial charge on any atom is -0.434 e. The van der Waals surface area contributed by atoms with Gasteiger partial charge in [0.2, 0.25) is 0 Å². The fourth-order valence-electron chi connectivity index (χ4n) is 5.03. The van der Waals surface area contributed by atoms with Gasteiger partial charge in [-0.25, -0.2) is 18.1 Å². The van der Waals surface area contributed by atoms with Crippen LogP contribution in [0.3, 0.4) is 0 Å². The van der Waals surface area contributed by atoms with Crippen LogP contribution in [0.25, 0.3) is 28.0 Å². The number of aryl methyl sites for hydroxylation is 1. The zero-order valence-corrected chi connectivity index (χ0v) is 23.7. The maximum Gasteiger partial charge on any atom is 0.387 e. The summed E-state index contributed by atoms with van der Waals surface area (Å²) in [5.41, 5.74) is 2.96. The Morgan fingerprint density at radius 3 is 2.62 bits per heavy atom. The van der Waals surface area contributed by atoms with Crippen molar-refractivity contribution >= 4 is 32.2 Å². The number of rotatable bonds is 9. The molecule has 1 aliphatic rings. The third-order valence-electron chi connectivity index (χ3n) is 6.93. The summed E-state index contributed by atoms with van der Waals surface area (Å²) in [4.78, 5) is 15.7. The van der Waals surface area contributed by atoms with E-state index in [1.807, 2.05) is 39.8 Å². The molecule has 0 aliphatic carbocycles. The van der Waals surface area contributed by atoms with Gasteiger partial charge in [-0.3, -0.25) is 9.97 Å². The molecule has 5 heterocycles. The molecule has 0 spiro atoms. The molecule has 1 N–H and O–H groups in total. The molecule has 0 aromatic carbocycles. The van der Waals surface area contributed by atoms with Gasteiger partial charge in [-0.2, -0.15) is 13.9 Å². The average Bonchev–Trinajstić information content (AvgIpc) is 3.29. The number of anilines is 2. The number of aromatic nitrogens is 5. The second kappa shape index (κ2) is 10.6. The van der Waals surface area contributed by atoms with Crippen LogP contribution in [0.4, 0.5) is 20.3 Å². The maximum absolute atomic E-state index is 13.1. The maximum atomic E-state index is 13.1. The summed E-state index contributed by atoms with van der Waals surface area (Å²) in [6.07, 6.45) is 5.78. The molecular weight excluding hydrogens is 540 g/mol. The number of ether oxygens (including phenoxy) is 1. The van der Waals surface area contributed by atoms with Gasteiger partial charge in [0.15, 0.2) is 5.82 Å². The number of hydrogen-bond acceptors (Lipinski definition) is 9. The summed E-state index contributed by atoms with van der Waals surface area (Å²) in [5.74, 6) is 1.35. The summed E-state index contributed by atoms with van der Waals surface area (Å²) >= 11 is 0. The third kappa shape index (κ3) is 5.69. The number of halogens is 2. The van der Waals surface area contributed by atoms with Crippen LogP contribution in [0.1, 0.15) is 26.5 Å². The molecule has 0 bridgehead atoms. The van der Waals surface area contributed by atoms with Crippen LogP contribution in [0.5, 0.6) is 5.75 Å². The Kier molecular flexibility index (Phi) is 7.34. The van der Waals surface area contributed by atoms with E-state index in [-0.39, 0.29) is 29.5 Å². The molecule has 0 unspecified atom stereocenters. The zero-order valence-electron chi connectivity index (χ0n) is 22.8. The van der Waals surface area contributed by atoms with Gasteiger partial charge >= 0.3 is 6.61 Å². The molecule has 1 aliphatic heterocycles. The summed E-state index contributed by atoms with van der Waals surface area (Å²) < 4.78 is 56.2. The first-order valence-electron chi connectivity index (χ1n) is 12.9. The second-order valence-corrected chi connectivity index (χ2v) is 12.6. The first-order valence-corrected chi connectivity index (χ1v) is 14.9. The lowest BCUT2D eigenvalue weighted by Gasteiger charge is -2.48. The Morgan fingerprint density at radius 2 is 1.95 bits per heavy atom. The molecule has 40 heavy (non-hydrogen) atoms. The van der Waals surface area contributed by atoms with Crippen LogP contribution in [-0.4, -0.2) is 70.4 Å². The van der Waals surface area contributed by atoms with E-state index < -0.39 is 16.4 Å². The number of alkyl halides is 2. The van der Waals surface area contributed by atoms with Gasteiger partial charge in [0.05, 0.1) is 28.7 Å². The highest BCUT2D eigenvalue weighted by molar-refractivity contribution is 7.90. The average molecular weight is 572 g/mol. The lowest BCUT2D eigenvalue weighted by molar-refractivity contribution is -0.0495. The Balaban J connectivity index is 1.59. The topological polar surface area (TPSA) is 115 Å². The van der Waals surface area contributed by atoms with E-state index in [1.165, 1.54) is 24.7 Å². The molecule has 4 aromatic rings. The Morgan fingerprint density at radius 1 is 1.18 bits per heavy atom. The van der Waals surface area contributed by atoms with Crippen molar-refractivity contribution in [2.75, 3.05) is 28.8 Å². The van der Waals surface area contributed by atoms with Crippen molar-refractivity contribution in [3.05, 3.63) is 48.5 Å². The van der Waals surface area contributed by atoms with E-state index in [1.54, 1.807) is 16.9 Å². The first kappa shape index (κ1) is 27.7. The molecule has 212 valence electrons. The van der Waals surface area contributed by atoms with Crippen LogP contribution < -0.4 is 15.0 Å². The lowest BCUT2D eigenvalue weighted by Crippen LogP contribution is -2.57. The molecule has 13 heteroatoms. The monoisotopic (exact) mass is 571 g/mol. The Hall–Kier alpha value is -3.87. The van der Waals surface area contributed by atoms with Crippen LogP contribution >= 0.6 is 0 Å². The molecule has 0 amide bonds. The normalized spacial score (nSPS) is 17.5. The van der Waals surface area contributed by atoms with Gasteiger partial charge in [0, 0.05) is 72.1 Å². The molecule has 5 rings (SSSR count). The van der Waals surface area contributed by atoms with Gasteiger partial charge in [-0.15, -0.1) is 0 Å². The van der Waals surface area contributed by atoms with E-state index in [0.29, 0.717) is 40.6 Å². The summed E-state index contributed by atoms with van der Waals surface area (Å²) in [7, 11) is -3.08. The Labute approximate surface area is 231 Å². The van der Waals surface area contributed by atoms with E-state index in [9.17, 15) is 17.2 Å². The molecule has 10 nitrogen and oxygen atoms in total. The summed E-state index contributed by atoms with van der Waals surface area (Å²) in [5, 5.41) is 8.73. The van der Waals surface area contributed by atoms with Crippen molar-refractivity contribution in [2.24, 2.45) is 5.92 Å². The third-order valence-corrected chi connectivity index (χ3v) is 7.97. The van der Waals surface area contributed by atoms with Gasteiger partial charge in [-0.1, -0.05) is 0 Å². The number of nitrogens with zero attached hydrogens (tertiary/aromatic N) is 6. The van der Waals surface area contributed by atoms with Gasteiger partial charge in [-0.05, 0) is 39.8 Å². The minimum absolute atomic E-state index is 0.0266. The molecule has 0 radical (unpaired) electrons. The highest BCUT2D eigenvalue weighted by atomic mass is 32.2. The second-order valence-electron chi connectivity index (χ2n) is 10.4. The number of nitrogens with one attached hydrogen (secondary N) is 1. The van der Waals surface area contributed by atoms with Crippen LogP contribution in [0.2, 0.25) is 0 Å². The summed E-state index contributed by atoms with van der Waals surface area (Å²) in [6.45, 7) is 5.49. The van der Waals surface area contributed by atoms with E-state index in [4.69, 9.17) is 9.72 Å². The quantitative estimate of drug-likeness (QED) is 0.311. The molecule has 4 aromatic heterocycles. The number of hydrogen-bond donors (Lipinski definition) is 1. The predicted octanol–water partition coefficient (Wildman–Crippen LogP) is 4.48. The van der Waals surface area contributed by atoms with E-state index in [0.717, 1.165) is 11.1 Å². The van der Waals surface area contributed by atoms with E-state index in [2.05, 4.69) is 25.3 Å². The molecule has 1 saturated heterocycles. The SMILES string of the molecule is Cc1nc(-c2cnccc2OC(F)F)cc2c1cnn2-c1cc(N2C[C@H](CS(C)(=O)=O)[C@H]2C)cc(NC(C)C)n1. The fourth-order valence-corrected chi connectivity index (χ4v) is 6.19. The standard InChI is InChI=1S/C27H31F2N7O3S/c1-15(2)32-25-8-19(35-13-18(17(35)4)14-40(5,37)38)9-26(34-25)36-23-10-22(33-16(3)20(23)12-31-36)21-11-30-7-6-24(21)39-27(28)29/h6-12,15,17-18,27H,13-14H2,1-5H3,(H,32,34)/t17-,18-/m1/s1. The first-order chi connectivity index (χ1) is 18.9. The zero-order chi connectivity index (χ0) is 28.8. The van der Waals surface area contributed by atoms with Crippen molar-refractivity contribution < 1.29 is 21.9 Å². The van der Waals surface area contributed by atoms with Crippen molar-refractivity contribution in [3.8, 4) is 22.8 Å². The van der Waals surface area contributed by atoms with Gasteiger partial charge < -0.3 is 15.0 Å². The van der Waals surface area contributed by atoms with Crippen molar-refractivity contribution in [3.63, 3.8) is 0 Å². The van der Waals surface area contributed by atoms with Crippen LogP contribution in [0, 0.1) is 12.8 Å². The highest BCUT2D eigenvalue weighted by Crippen LogP contribution is 2.36. The Bertz CT molecular complexity index is 1660. The smallest absolute Gasteiger partial charge is 0.387 e. The van der Waals surface area contributed by atoms with Crippen molar-refractivity contribution in [2.45, 2.75) is 46.4 Å². The molecule has 0 saturated carbocycles. The van der Waals surface area contributed by atoms with Gasteiger partial charge in [0.25, 0.3) is 0 Å². The highest BCUT2D eigenvalue weighted by Gasteiger charge is 2.38. The van der Waals surface area contributed by atoms with Crippen molar-refractivity contribution in [1.82, 2.24) is 24.7 Å². The van der Waals surface area contributed by atoms with Crippen LogP contribution in [-0.2, 0) is 9.84 Å². The summed E-state index contributed by atoms with van der Waals surface area (Å²) in [6, 6.07) is 7.14. The fraction of sp³-hybridized carbons (Fsp3) is 0.407. The lowest BCUT2D eigenvalue weighted by atomic mass is 9.91. The van der Waals surface area contributed by atoms with E-state index >= 15 is 0 Å². The minimum atomic E-state index is -3.08. The van der Waals surface area contributed by atoms with Crippen LogP contribution in [0.15, 0.2) is 42.9 Å². The van der Waals surface area contributed by atoms with Crippen molar-refractivity contribution in [1.29, 1.82) is 0 Å².